The number of ether oxygens (including phenoxy) is 1. The summed E-state index contributed by atoms with van der Waals surface area (Å²) < 4.78 is 5.55. The molecule has 2 aromatic carbocycles. The second kappa shape index (κ2) is 6.88. The molecule has 0 spiro atoms. The molecule has 2 aliphatic rings. The Hall–Kier alpha value is -2.73. The van der Waals surface area contributed by atoms with Gasteiger partial charge in [0.1, 0.15) is 5.75 Å². The first kappa shape index (κ1) is 16.7. The third-order valence-corrected chi connectivity index (χ3v) is 5.08. The molecule has 0 N–H and O–H groups in total. The van der Waals surface area contributed by atoms with Gasteiger partial charge in [0.15, 0.2) is 5.17 Å². The number of carbonyl (C=O) groups excluding carboxylic acids is 1. The number of carbonyl (C=O) groups is 1. The Labute approximate surface area is 156 Å². The molecular weight excluding hydrogens is 346 g/mol. The highest BCUT2D eigenvalue weighted by molar-refractivity contribution is 8.19. The zero-order valence-corrected chi connectivity index (χ0v) is 15.5. The summed E-state index contributed by atoms with van der Waals surface area (Å²) in [6, 6.07) is 15.7. The van der Waals surface area contributed by atoms with Crippen LogP contribution in [0.2, 0.25) is 0 Å². The van der Waals surface area contributed by atoms with Gasteiger partial charge in [0.2, 0.25) is 0 Å². The van der Waals surface area contributed by atoms with E-state index in [4.69, 9.17) is 4.74 Å². The number of thioether (sulfide) groups is 1. The van der Waals surface area contributed by atoms with Crippen molar-refractivity contribution in [2.24, 2.45) is 5.10 Å². The van der Waals surface area contributed by atoms with E-state index in [-0.39, 0.29) is 5.91 Å². The molecule has 0 aromatic heterocycles. The Morgan fingerprint density at radius 1 is 1.19 bits per heavy atom. The van der Waals surface area contributed by atoms with Crippen molar-refractivity contribution in [2.75, 3.05) is 25.6 Å². The van der Waals surface area contributed by atoms with E-state index in [1.165, 1.54) is 17.3 Å². The molecule has 0 radical (unpaired) electrons. The lowest BCUT2D eigenvalue weighted by Crippen LogP contribution is -2.30. The molecule has 0 aliphatic carbocycles. The number of rotatable bonds is 3. The lowest BCUT2D eigenvalue weighted by molar-refractivity contribution is -0.113. The predicted molar refractivity (Wildman–Crippen MR) is 106 cm³/mol. The number of amides is 1. The van der Waals surface area contributed by atoms with E-state index in [0.29, 0.717) is 10.1 Å². The van der Waals surface area contributed by atoms with E-state index in [9.17, 15) is 4.79 Å². The third-order valence-electron chi connectivity index (χ3n) is 4.12. The molecule has 2 heterocycles. The monoisotopic (exact) mass is 365 g/mol. The van der Waals surface area contributed by atoms with Crippen molar-refractivity contribution in [3.05, 3.63) is 64.6 Å². The predicted octanol–water partition coefficient (Wildman–Crippen LogP) is 3.58. The highest BCUT2D eigenvalue weighted by Crippen LogP contribution is 2.36. The summed E-state index contributed by atoms with van der Waals surface area (Å²) in [7, 11) is 3.70. The van der Waals surface area contributed by atoms with Crippen LogP contribution in [0.1, 0.15) is 11.1 Å². The van der Waals surface area contributed by atoms with Crippen molar-refractivity contribution in [3.63, 3.8) is 0 Å². The van der Waals surface area contributed by atoms with Crippen LogP contribution in [0.15, 0.2) is 58.5 Å². The van der Waals surface area contributed by atoms with E-state index in [2.05, 4.69) is 11.2 Å². The minimum atomic E-state index is -0.0569. The zero-order valence-electron chi connectivity index (χ0n) is 14.7. The van der Waals surface area contributed by atoms with Crippen LogP contribution in [-0.4, -0.2) is 36.8 Å². The van der Waals surface area contributed by atoms with Gasteiger partial charge in [-0.1, -0.05) is 24.3 Å². The number of hydrogen-bond donors (Lipinski definition) is 0. The fourth-order valence-corrected chi connectivity index (χ4v) is 4.02. The maximum Gasteiger partial charge on any atom is 0.271 e. The maximum absolute atomic E-state index is 13.0. The molecular formula is C20H19N3O2S. The van der Waals surface area contributed by atoms with Gasteiger partial charge < -0.3 is 9.75 Å². The number of benzene rings is 2. The molecule has 0 atom stereocenters. The van der Waals surface area contributed by atoms with Crippen LogP contribution in [-0.2, 0) is 11.2 Å². The van der Waals surface area contributed by atoms with Crippen LogP contribution >= 0.6 is 11.8 Å². The molecule has 26 heavy (non-hydrogen) atoms. The summed E-state index contributed by atoms with van der Waals surface area (Å²) in [5.41, 5.74) is 3.01. The molecule has 1 fully saturated rings. The first-order valence-corrected chi connectivity index (χ1v) is 9.24. The van der Waals surface area contributed by atoms with Crippen LogP contribution in [0, 0.1) is 0 Å². The zero-order chi connectivity index (χ0) is 18.1. The topological polar surface area (TPSA) is 45.1 Å². The van der Waals surface area contributed by atoms with Crippen LogP contribution in [0.3, 0.4) is 0 Å². The van der Waals surface area contributed by atoms with Gasteiger partial charge >= 0.3 is 0 Å². The van der Waals surface area contributed by atoms with Crippen LogP contribution in [0.4, 0.5) is 5.69 Å². The molecule has 6 heteroatoms. The van der Waals surface area contributed by atoms with Gasteiger partial charge in [-0.05, 0) is 53.2 Å². The third kappa shape index (κ3) is 3.20. The molecule has 4 rings (SSSR count). The number of para-hydroxylation sites is 1. The molecule has 0 unspecified atom stereocenters. The van der Waals surface area contributed by atoms with Crippen molar-refractivity contribution in [1.29, 1.82) is 0 Å². The van der Waals surface area contributed by atoms with Crippen molar-refractivity contribution in [1.82, 2.24) is 5.01 Å². The number of anilines is 1. The normalized spacial score (nSPS) is 19.2. The maximum atomic E-state index is 13.0. The minimum Gasteiger partial charge on any atom is -0.493 e. The van der Waals surface area contributed by atoms with E-state index in [1.807, 2.05) is 62.6 Å². The molecule has 0 saturated carbocycles. The van der Waals surface area contributed by atoms with E-state index in [0.717, 1.165) is 30.0 Å². The Balaban J connectivity index is 1.71. The van der Waals surface area contributed by atoms with Gasteiger partial charge in [-0.3, -0.25) is 9.69 Å². The fraction of sp³-hybridized carbons (Fsp3) is 0.200. The molecule has 1 saturated heterocycles. The fourth-order valence-electron chi connectivity index (χ4n) is 2.96. The Kier molecular flexibility index (Phi) is 4.42. The summed E-state index contributed by atoms with van der Waals surface area (Å²) in [4.78, 5) is 15.4. The van der Waals surface area contributed by atoms with E-state index >= 15 is 0 Å². The summed E-state index contributed by atoms with van der Waals surface area (Å²) in [5, 5.41) is 6.86. The number of amidine groups is 1. The average Bonchev–Trinajstić information content (AvgIpc) is 3.20. The molecule has 2 aromatic rings. The highest BCUT2D eigenvalue weighted by Gasteiger charge is 2.35. The van der Waals surface area contributed by atoms with Crippen molar-refractivity contribution >= 4 is 34.6 Å². The van der Waals surface area contributed by atoms with Gasteiger partial charge in [0.25, 0.3) is 5.91 Å². The number of fused-ring (bicyclic) bond motifs is 1. The summed E-state index contributed by atoms with van der Waals surface area (Å²) >= 11 is 1.39. The smallest absolute Gasteiger partial charge is 0.271 e. The number of nitrogens with zero attached hydrogens (tertiary/aromatic N) is 3. The quantitative estimate of drug-likeness (QED) is 0.616. The number of hydrogen-bond acceptors (Lipinski definition) is 5. The Bertz CT molecular complexity index is 907. The van der Waals surface area contributed by atoms with E-state index < -0.39 is 0 Å². The Morgan fingerprint density at radius 3 is 2.77 bits per heavy atom. The SMILES string of the molecule is CN(C)/N=C1\S/C(=C\c2ccc3c(c2)CCO3)C(=O)N1c1ccccc1. The largest absolute Gasteiger partial charge is 0.493 e. The van der Waals surface area contributed by atoms with Crippen LogP contribution in [0.25, 0.3) is 6.08 Å². The molecule has 2 aliphatic heterocycles. The Morgan fingerprint density at radius 2 is 2.00 bits per heavy atom. The lowest BCUT2D eigenvalue weighted by Gasteiger charge is -2.16. The van der Waals surface area contributed by atoms with E-state index in [1.54, 1.807) is 9.91 Å². The first-order chi connectivity index (χ1) is 12.6. The summed E-state index contributed by atoms with van der Waals surface area (Å²) in [5.74, 6) is 0.886. The molecule has 5 nitrogen and oxygen atoms in total. The first-order valence-electron chi connectivity index (χ1n) is 8.42. The van der Waals surface area contributed by atoms with Gasteiger partial charge in [0, 0.05) is 20.5 Å². The van der Waals surface area contributed by atoms with Crippen molar-refractivity contribution in [2.45, 2.75) is 6.42 Å². The lowest BCUT2D eigenvalue weighted by atomic mass is 10.1. The molecule has 0 bridgehead atoms. The second-order valence-corrected chi connectivity index (χ2v) is 7.29. The van der Waals surface area contributed by atoms with Gasteiger partial charge in [0.05, 0.1) is 17.2 Å². The second-order valence-electron chi connectivity index (χ2n) is 6.28. The summed E-state index contributed by atoms with van der Waals surface area (Å²) in [6.45, 7) is 0.727. The van der Waals surface area contributed by atoms with Crippen LogP contribution in [0.5, 0.6) is 5.75 Å². The standard InChI is InChI=1S/C20H19N3O2S/c1-22(2)21-20-23(16-6-4-3-5-7-16)19(24)18(26-20)13-14-8-9-17-15(12-14)10-11-25-17/h3-9,12-13H,10-11H2,1-2H3/b18-13-,21-20-. The number of hydrazone groups is 1. The van der Waals surface area contributed by atoms with Gasteiger partial charge in [-0.25, -0.2) is 0 Å². The molecule has 1 amide bonds. The highest BCUT2D eigenvalue weighted by atomic mass is 32.2. The summed E-state index contributed by atoms with van der Waals surface area (Å²) in [6.07, 6.45) is 2.84. The minimum absolute atomic E-state index is 0.0569. The molecule has 132 valence electrons. The van der Waals surface area contributed by atoms with Crippen molar-refractivity contribution < 1.29 is 9.53 Å². The van der Waals surface area contributed by atoms with Gasteiger partial charge in [-0.15, -0.1) is 0 Å². The van der Waals surface area contributed by atoms with Crippen LogP contribution < -0.4 is 9.64 Å². The average molecular weight is 365 g/mol. The van der Waals surface area contributed by atoms with Crippen molar-refractivity contribution in [3.8, 4) is 5.75 Å². The van der Waals surface area contributed by atoms with Gasteiger partial charge in [-0.2, -0.15) is 5.10 Å².